The number of hydrogen-bond donors (Lipinski definition) is 1. The second kappa shape index (κ2) is 6.44. The molecule has 0 fully saturated rings. The molecule has 0 aliphatic carbocycles. The number of amides is 1. The van der Waals surface area contributed by atoms with E-state index in [2.05, 4.69) is 0 Å². The molecule has 4 nitrogen and oxygen atoms in total. The van der Waals surface area contributed by atoms with Crippen LogP contribution in [0.2, 0.25) is 0 Å². The van der Waals surface area contributed by atoms with Gasteiger partial charge in [-0.3, -0.25) is 4.79 Å². The molecule has 0 saturated heterocycles. The highest BCUT2D eigenvalue weighted by molar-refractivity contribution is 5.76. The number of rotatable bonds is 5. The van der Waals surface area contributed by atoms with Crippen molar-refractivity contribution in [2.75, 3.05) is 20.1 Å². The maximum Gasteiger partial charge on any atom is 0.222 e. The van der Waals surface area contributed by atoms with Gasteiger partial charge >= 0.3 is 0 Å². The maximum atomic E-state index is 11.4. The molecule has 0 aliphatic heterocycles. The fourth-order valence-electron chi connectivity index (χ4n) is 0.880. The van der Waals surface area contributed by atoms with Gasteiger partial charge in [0.1, 0.15) is 0 Å². The van der Waals surface area contributed by atoms with E-state index in [4.69, 9.17) is 11.0 Å². The molecule has 4 heteroatoms. The Morgan fingerprint density at radius 1 is 1.69 bits per heavy atom. The Balaban J connectivity index is 3.76. The molecule has 74 valence electrons. The standard InChI is InChI=1S/C9H17N3O/c1-8(7-11)6-9(13)12(2)5-3-4-10/h8H,3,5-7,11H2,1-2H3. The molecule has 1 unspecified atom stereocenters. The minimum absolute atomic E-state index is 0.0631. The number of hydrogen-bond acceptors (Lipinski definition) is 3. The van der Waals surface area contributed by atoms with Crippen LogP contribution in [0, 0.1) is 17.2 Å². The molecular weight excluding hydrogens is 166 g/mol. The Morgan fingerprint density at radius 3 is 2.77 bits per heavy atom. The molecule has 0 rings (SSSR count). The van der Waals surface area contributed by atoms with Gasteiger partial charge in [-0.25, -0.2) is 0 Å². The third-order valence-electron chi connectivity index (χ3n) is 1.91. The summed E-state index contributed by atoms with van der Waals surface area (Å²) in [4.78, 5) is 13.0. The number of carbonyl (C=O) groups excluding carboxylic acids is 1. The Morgan fingerprint density at radius 2 is 2.31 bits per heavy atom. The van der Waals surface area contributed by atoms with Gasteiger partial charge in [-0.05, 0) is 12.5 Å². The van der Waals surface area contributed by atoms with Gasteiger partial charge in [0, 0.05) is 20.0 Å². The van der Waals surface area contributed by atoms with Crippen molar-refractivity contribution in [3.63, 3.8) is 0 Å². The lowest BCUT2D eigenvalue weighted by molar-refractivity contribution is -0.130. The first-order chi connectivity index (χ1) is 6.11. The van der Waals surface area contributed by atoms with Gasteiger partial charge < -0.3 is 10.6 Å². The van der Waals surface area contributed by atoms with Crippen molar-refractivity contribution < 1.29 is 4.79 Å². The fraction of sp³-hybridized carbons (Fsp3) is 0.778. The summed E-state index contributed by atoms with van der Waals surface area (Å²) in [6.45, 7) is 2.97. The second-order valence-electron chi connectivity index (χ2n) is 3.27. The van der Waals surface area contributed by atoms with Gasteiger partial charge in [-0.1, -0.05) is 6.92 Å². The first-order valence-electron chi connectivity index (χ1n) is 4.42. The smallest absolute Gasteiger partial charge is 0.222 e. The van der Waals surface area contributed by atoms with Gasteiger partial charge in [0.15, 0.2) is 0 Å². The average Bonchev–Trinajstić information content (AvgIpc) is 2.13. The van der Waals surface area contributed by atoms with E-state index >= 15 is 0 Å². The van der Waals surface area contributed by atoms with Crippen LogP contribution in [0.4, 0.5) is 0 Å². The zero-order chi connectivity index (χ0) is 10.3. The highest BCUT2D eigenvalue weighted by atomic mass is 16.2. The summed E-state index contributed by atoms with van der Waals surface area (Å²) in [6.07, 6.45) is 0.859. The van der Waals surface area contributed by atoms with Crippen LogP contribution in [0.15, 0.2) is 0 Å². The van der Waals surface area contributed by atoms with Crippen LogP contribution in [-0.2, 0) is 4.79 Å². The molecule has 0 aromatic rings. The molecule has 0 spiro atoms. The molecule has 1 amide bonds. The maximum absolute atomic E-state index is 11.4. The van der Waals surface area contributed by atoms with Crippen LogP contribution in [0.3, 0.4) is 0 Å². The number of carbonyl (C=O) groups is 1. The molecule has 0 heterocycles. The monoisotopic (exact) mass is 183 g/mol. The predicted octanol–water partition coefficient (Wildman–Crippen LogP) is 0.343. The van der Waals surface area contributed by atoms with E-state index in [0.717, 1.165) is 0 Å². The van der Waals surface area contributed by atoms with E-state index in [1.165, 1.54) is 0 Å². The molecular formula is C9H17N3O. The zero-order valence-corrected chi connectivity index (χ0v) is 8.29. The van der Waals surface area contributed by atoms with Crippen molar-refractivity contribution in [2.45, 2.75) is 19.8 Å². The lowest BCUT2D eigenvalue weighted by Crippen LogP contribution is -2.30. The molecule has 0 radical (unpaired) electrons. The third-order valence-corrected chi connectivity index (χ3v) is 1.91. The highest BCUT2D eigenvalue weighted by Crippen LogP contribution is 2.02. The van der Waals surface area contributed by atoms with Gasteiger partial charge in [-0.2, -0.15) is 5.26 Å². The van der Waals surface area contributed by atoms with Crippen LogP contribution in [0.25, 0.3) is 0 Å². The lowest BCUT2D eigenvalue weighted by atomic mass is 10.1. The zero-order valence-electron chi connectivity index (χ0n) is 8.29. The minimum Gasteiger partial charge on any atom is -0.345 e. The van der Waals surface area contributed by atoms with E-state index < -0.39 is 0 Å². The van der Waals surface area contributed by atoms with E-state index in [0.29, 0.717) is 25.9 Å². The van der Waals surface area contributed by atoms with E-state index in [-0.39, 0.29) is 11.8 Å². The van der Waals surface area contributed by atoms with Crippen LogP contribution in [0.1, 0.15) is 19.8 Å². The number of nitriles is 1. The lowest BCUT2D eigenvalue weighted by Gasteiger charge is -2.17. The molecule has 1 atom stereocenters. The van der Waals surface area contributed by atoms with Crippen molar-refractivity contribution in [3.05, 3.63) is 0 Å². The number of nitrogens with two attached hydrogens (primary N) is 1. The van der Waals surface area contributed by atoms with Crippen molar-refractivity contribution in [1.29, 1.82) is 5.26 Å². The molecule has 2 N–H and O–H groups in total. The highest BCUT2D eigenvalue weighted by Gasteiger charge is 2.11. The van der Waals surface area contributed by atoms with Crippen LogP contribution in [-0.4, -0.2) is 30.9 Å². The predicted molar refractivity (Wildman–Crippen MR) is 50.7 cm³/mol. The van der Waals surface area contributed by atoms with Crippen molar-refractivity contribution in [3.8, 4) is 6.07 Å². The Labute approximate surface area is 79.3 Å². The summed E-state index contributed by atoms with van der Waals surface area (Å²) < 4.78 is 0. The molecule has 0 aromatic heterocycles. The molecule has 0 aliphatic rings. The van der Waals surface area contributed by atoms with Crippen molar-refractivity contribution in [1.82, 2.24) is 4.90 Å². The SMILES string of the molecule is CC(CN)CC(=O)N(C)CCC#N. The van der Waals surface area contributed by atoms with E-state index in [9.17, 15) is 4.79 Å². The third kappa shape index (κ3) is 5.21. The van der Waals surface area contributed by atoms with E-state index in [1.54, 1.807) is 11.9 Å². The van der Waals surface area contributed by atoms with Crippen LogP contribution < -0.4 is 5.73 Å². The van der Waals surface area contributed by atoms with Gasteiger partial charge in [0.05, 0.1) is 12.5 Å². The summed E-state index contributed by atoms with van der Waals surface area (Å²) >= 11 is 0. The number of nitrogens with zero attached hydrogens (tertiary/aromatic N) is 2. The average molecular weight is 183 g/mol. The van der Waals surface area contributed by atoms with Crippen LogP contribution >= 0.6 is 0 Å². The summed E-state index contributed by atoms with van der Waals surface area (Å²) in [5.74, 6) is 0.283. The normalized spacial score (nSPS) is 11.8. The molecule has 0 bridgehead atoms. The first kappa shape index (κ1) is 11.9. The summed E-state index contributed by atoms with van der Waals surface area (Å²) in [7, 11) is 1.71. The van der Waals surface area contributed by atoms with E-state index in [1.807, 2.05) is 13.0 Å². The fourth-order valence-corrected chi connectivity index (χ4v) is 0.880. The topological polar surface area (TPSA) is 70.1 Å². The van der Waals surface area contributed by atoms with Crippen LogP contribution in [0.5, 0.6) is 0 Å². The minimum atomic E-state index is 0.0631. The molecule has 0 aromatic carbocycles. The quantitative estimate of drug-likeness (QED) is 0.668. The second-order valence-corrected chi connectivity index (χ2v) is 3.27. The largest absolute Gasteiger partial charge is 0.345 e. The first-order valence-corrected chi connectivity index (χ1v) is 4.42. The Bertz CT molecular complexity index is 198. The molecule has 13 heavy (non-hydrogen) atoms. The summed E-state index contributed by atoms with van der Waals surface area (Å²) in [5, 5.41) is 8.32. The summed E-state index contributed by atoms with van der Waals surface area (Å²) in [5.41, 5.74) is 5.40. The van der Waals surface area contributed by atoms with Gasteiger partial charge in [-0.15, -0.1) is 0 Å². The van der Waals surface area contributed by atoms with Crippen molar-refractivity contribution in [2.24, 2.45) is 11.7 Å². The summed E-state index contributed by atoms with van der Waals surface area (Å²) in [6, 6.07) is 2.00. The van der Waals surface area contributed by atoms with Gasteiger partial charge in [0.25, 0.3) is 0 Å². The Hall–Kier alpha value is -1.08. The molecule has 0 saturated carbocycles. The Kier molecular flexibility index (Phi) is 5.90. The van der Waals surface area contributed by atoms with Crippen molar-refractivity contribution >= 4 is 5.91 Å². The van der Waals surface area contributed by atoms with Gasteiger partial charge in [0.2, 0.25) is 5.91 Å².